The van der Waals surface area contributed by atoms with Gasteiger partial charge in [-0.3, -0.25) is 0 Å². The molecule has 0 atom stereocenters. The second-order valence-electron chi connectivity index (χ2n) is 3.23. The van der Waals surface area contributed by atoms with Crippen molar-refractivity contribution in [3.05, 3.63) is 0 Å². The van der Waals surface area contributed by atoms with E-state index in [4.69, 9.17) is 14.6 Å². The molecule has 5 nitrogen and oxygen atoms in total. The minimum Gasteiger partial charge on any atom is -0.479 e. The molecule has 0 saturated heterocycles. The van der Waals surface area contributed by atoms with Crippen LogP contribution in [0.1, 0.15) is 26.7 Å². The largest absolute Gasteiger partial charge is 0.479 e. The van der Waals surface area contributed by atoms with Crippen molar-refractivity contribution >= 4 is 5.97 Å². The molecule has 0 rings (SSSR count). The van der Waals surface area contributed by atoms with Gasteiger partial charge in [0.05, 0.1) is 0 Å². The Bertz CT molecular complexity index is 171. The molecule has 0 aromatic heterocycles. The number of rotatable bonds is 9. The van der Waals surface area contributed by atoms with E-state index in [2.05, 4.69) is 0 Å². The topological polar surface area (TPSA) is 76.0 Å². The first-order valence-corrected chi connectivity index (χ1v) is 5.18. The zero-order valence-electron chi connectivity index (χ0n) is 9.36. The van der Waals surface area contributed by atoms with Crippen LogP contribution < -0.4 is 0 Å². The Morgan fingerprint density at radius 2 is 1.53 bits per heavy atom. The monoisotopic (exact) mass is 220 g/mol. The lowest BCUT2D eigenvalue weighted by atomic mass is 9.97. The van der Waals surface area contributed by atoms with E-state index in [9.17, 15) is 9.90 Å². The van der Waals surface area contributed by atoms with Gasteiger partial charge in [0, 0.05) is 39.3 Å². The summed E-state index contributed by atoms with van der Waals surface area (Å²) in [5.74, 6) is -1.22. The Hall–Kier alpha value is -0.650. The number of aliphatic carboxylic acids is 1. The van der Waals surface area contributed by atoms with E-state index < -0.39 is 11.6 Å². The molecule has 90 valence electrons. The number of hydrogen-bond donors (Lipinski definition) is 2. The third-order valence-electron chi connectivity index (χ3n) is 2.13. The molecule has 0 heterocycles. The minimum atomic E-state index is -1.73. The lowest BCUT2D eigenvalue weighted by molar-refractivity contribution is -0.162. The van der Waals surface area contributed by atoms with Gasteiger partial charge < -0.3 is 19.7 Å². The lowest BCUT2D eigenvalue weighted by Crippen LogP contribution is -2.40. The maximum Gasteiger partial charge on any atom is 0.335 e. The van der Waals surface area contributed by atoms with Crippen molar-refractivity contribution in [2.24, 2.45) is 0 Å². The first kappa shape index (κ1) is 14.3. The number of aliphatic hydroxyl groups is 1. The first-order chi connectivity index (χ1) is 7.06. The molecule has 0 spiro atoms. The highest BCUT2D eigenvalue weighted by Gasteiger charge is 2.35. The van der Waals surface area contributed by atoms with Gasteiger partial charge in [0.25, 0.3) is 0 Å². The van der Waals surface area contributed by atoms with Crippen LogP contribution in [-0.4, -0.2) is 48.2 Å². The summed E-state index contributed by atoms with van der Waals surface area (Å²) in [5, 5.41) is 18.7. The Morgan fingerprint density at radius 1 is 1.13 bits per heavy atom. The van der Waals surface area contributed by atoms with Crippen molar-refractivity contribution < 1.29 is 24.5 Å². The van der Waals surface area contributed by atoms with Gasteiger partial charge >= 0.3 is 5.97 Å². The SMILES string of the molecule is CCOCCC(O)(CCOCC)C(=O)O. The Morgan fingerprint density at radius 3 is 1.80 bits per heavy atom. The average Bonchev–Trinajstić information content (AvgIpc) is 2.18. The van der Waals surface area contributed by atoms with Crippen molar-refractivity contribution in [2.45, 2.75) is 32.3 Å². The number of carboxylic acids is 1. The van der Waals surface area contributed by atoms with Crippen LogP contribution >= 0.6 is 0 Å². The van der Waals surface area contributed by atoms with E-state index in [-0.39, 0.29) is 26.1 Å². The summed E-state index contributed by atoms with van der Waals surface area (Å²) in [7, 11) is 0. The molecule has 0 aromatic carbocycles. The number of hydrogen-bond acceptors (Lipinski definition) is 4. The van der Waals surface area contributed by atoms with Crippen molar-refractivity contribution in [2.75, 3.05) is 26.4 Å². The van der Waals surface area contributed by atoms with E-state index >= 15 is 0 Å². The van der Waals surface area contributed by atoms with Crippen LogP contribution in [0, 0.1) is 0 Å². The standard InChI is InChI=1S/C10H20O5/c1-3-14-7-5-10(13,9(11)12)6-8-15-4-2/h13H,3-8H2,1-2H3,(H,11,12). The molecular weight excluding hydrogens is 200 g/mol. The molecule has 0 saturated carbocycles. The molecule has 0 fully saturated rings. The van der Waals surface area contributed by atoms with Crippen LogP contribution in [0.2, 0.25) is 0 Å². The van der Waals surface area contributed by atoms with Crippen molar-refractivity contribution in [3.63, 3.8) is 0 Å². The summed E-state index contributed by atoms with van der Waals surface area (Å²) in [6.07, 6.45) is 0.173. The summed E-state index contributed by atoms with van der Waals surface area (Å²) < 4.78 is 10.0. The molecule has 15 heavy (non-hydrogen) atoms. The molecule has 0 aliphatic heterocycles. The first-order valence-electron chi connectivity index (χ1n) is 5.18. The van der Waals surface area contributed by atoms with Crippen LogP contribution in [-0.2, 0) is 14.3 Å². The molecule has 0 aliphatic rings. The van der Waals surface area contributed by atoms with E-state index in [1.54, 1.807) is 0 Å². The quantitative estimate of drug-likeness (QED) is 0.558. The summed E-state index contributed by atoms with van der Waals surface area (Å²) in [6.45, 7) is 5.15. The number of carbonyl (C=O) groups is 1. The van der Waals surface area contributed by atoms with Crippen molar-refractivity contribution in [1.29, 1.82) is 0 Å². The third kappa shape index (κ3) is 5.71. The second kappa shape index (κ2) is 7.62. The van der Waals surface area contributed by atoms with E-state index in [0.29, 0.717) is 13.2 Å². The normalized spacial score (nSPS) is 11.7. The molecule has 0 aromatic rings. The molecular formula is C10H20O5. The molecule has 0 aliphatic carbocycles. The van der Waals surface area contributed by atoms with E-state index in [1.165, 1.54) is 0 Å². The molecule has 5 heteroatoms. The van der Waals surface area contributed by atoms with Crippen LogP contribution in [0.5, 0.6) is 0 Å². The molecule has 0 amide bonds. The van der Waals surface area contributed by atoms with Crippen LogP contribution in [0.15, 0.2) is 0 Å². The Labute approximate surface area is 90.0 Å². The van der Waals surface area contributed by atoms with E-state index in [1.807, 2.05) is 13.8 Å². The smallest absolute Gasteiger partial charge is 0.335 e. The fourth-order valence-corrected chi connectivity index (χ4v) is 1.11. The zero-order valence-corrected chi connectivity index (χ0v) is 9.36. The maximum absolute atomic E-state index is 10.8. The molecule has 2 N–H and O–H groups in total. The van der Waals surface area contributed by atoms with Crippen LogP contribution in [0.25, 0.3) is 0 Å². The number of ether oxygens (including phenoxy) is 2. The van der Waals surface area contributed by atoms with E-state index in [0.717, 1.165) is 0 Å². The Balaban J connectivity index is 4.01. The molecule has 0 radical (unpaired) electrons. The van der Waals surface area contributed by atoms with Gasteiger partial charge in [-0.1, -0.05) is 0 Å². The lowest BCUT2D eigenvalue weighted by Gasteiger charge is -2.22. The molecule has 0 bridgehead atoms. The summed E-state index contributed by atoms with van der Waals surface area (Å²) in [5.41, 5.74) is -1.73. The predicted molar refractivity (Wildman–Crippen MR) is 54.8 cm³/mol. The highest BCUT2D eigenvalue weighted by Crippen LogP contribution is 2.16. The van der Waals surface area contributed by atoms with Crippen LogP contribution in [0.3, 0.4) is 0 Å². The summed E-state index contributed by atoms with van der Waals surface area (Å²) in [6, 6.07) is 0. The van der Waals surface area contributed by atoms with Crippen LogP contribution in [0.4, 0.5) is 0 Å². The fourth-order valence-electron chi connectivity index (χ4n) is 1.11. The van der Waals surface area contributed by atoms with Gasteiger partial charge in [-0.05, 0) is 13.8 Å². The second-order valence-corrected chi connectivity index (χ2v) is 3.23. The maximum atomic E-state index is 10.8. The Kier molecular flexibility index (Phi) is 7.29. The summed E-state index contributed by atoms with van der Waals surface area (Å²) in [4.78, 5) is 10.8. The summed E-state index contributed by atoms with van der Waals surface area (Å²) >= 11 is 0. The van der Waals surface area contributed by atoms with Gasteiger partial charge in [0.1, 0.15) is 0 Å². The van der Waals surface area contributed by atoms with Gasteiger partial charge in [-0.15, -0.1) is 0 Å². The van der Waals surface area contributed by atoms with Gasteiger partial charge in [-0.25, -0.2) is 4.79 Å². The van der Waals surface area contributed by atoms with Gasteiger partial charge in [0.15, 0.2) is 5.60 Å². The van der Waals surface area contributed by atoms with Gasteiger partial charge in [0.2, 0.25) is 0 Å². The third-order valence-corrected chi connectivity index (χ3v) is 2.13. The predicted octanol–water partition coefficient (Wildman–Crippen LogP) is 0.655. The number of carboxylic acid groups (broad SMARTS) is 1. The van der Waals surface area contributed by atoms with Crippen molar-refractivity contribution in [1.82, 2.24) is 0 Å². The highest BCUT2D eigenvalue weighted by molar-refractivity contribution is 5.77. The fraction of sp³-hybridized carbons (Fsp3) is 0.900. The minimum absolute atomic E-state index is 0.0866. The molecule has 0 unspecified atom stereocenters. The highest BCUT2D eigenvalue weighted by atomic mass is 16.5. The average molecular weight is 220 g/mol. The van der Waals surface area contributed by atoms with Gasteiger partial charge in [-0.2, -0.15) is 0 Å². The zero-order chi connectivity index (χ0) is 11.7. The van der Waals surface area contributed by atoms with Crippen molar-refractivity contribution in [3.8, 4) is 0 Å².